The van der Waals surface area contributed by atoms with Crippen LogP contribution in [0, 0.1) is 6.92 Å². The van der Waals surface area contributed by atoms with Crippen LogP contribution in [0.1, 0.15) is 21.6 Å². The summed E-state index contributed by atoms with van der Waals surface area (Å²) in [6.07, 6.45) is 1.20. The second-order valence-electron chi connectivity index (χ2n) is 3.36. The molecule has 7 heteroatoms. The number of aromatic nitrogens is 1. The van der Waals surface area contributed by atoms with Gasteiger partial charge in [0.15, 0.2) is 6.29 Å². The van der Waals surface area contributed by atoms with Crippen LogP contribution in [-0.2, 0) is 6.42 Å². The molecule has 2 N–H and O–H groups in total. The zero-order valence-corrected chi connectivity index (χ0v) is 9.48. The van der Waals surface area contributed by atoms with Crippen LogP contribution in [0.4, 0.5) is 0 Å². The van der Waals surface area contributed by atoms with E-state index in [-0.39, 0.29) is 17.7 Å². The molecule has 0 atom stereocenters. The van der Waals surface area contributed by atoms with Gasteiger partial charge in [-0.2, -0.15) is 0 Å². The molecule has 0 amide bonds. The highest BCUT2D eigenvalue weighted by Gasteiger charge is 2.14. The van der Waals surface area contributed by atoms with Crippen molar-refractivity contribution in [1.29, 1.82) is 0 Å². The number of aryl methyl sites for hydroxylation is 2. The van der Waals surface area contributed by atoms with Gasteiger partial charge in [0.25, 0.3) is 0 Å². The molecule has 0 aromatic carbocycles. The van der Waals surface area contributed by atoms with Crippen LogP contribution in [0.3, 0.4) is 0 Å². The Morgan fingerprint density at radius 1 is 1.56 bits per heavy atom. The van der Waals surface area contributed by atoms with Crippen molar-refractivity contribution in [3.05, 3.63) is 23.0 Å². The minimum atomic E-state index is -4.36. The number of pyridine rings is 1. The van der Waals surface area contributed by atoms with Gasteiger partial charge in [0.05, 0.1) is 17.4 Å². The van der Waals surface area contributed by atoms with Crippen LogP contribution in [0.15, 0.2) is 6.20 Å². The molecule has 0 aliphatic carbocycles. The summed E-state index contributed by atoms with van der Waals surface area (Å²) in [5.41, 5.74) is 0.601. The molecule has 0 saturated heterocycles. The fourth-order valence-corrected chi connectivity index (χ4v) is 1.77. The standard InChI is InChI=1S/C9H12NO5P/c1-6-9(12)8(5-11)7(4-10-6)2-3-16(13,14)15/h4-5,12H,2-3H2,1H3,(H2,13,14,15)/p-1. The van der Waals surface area contributed by atoms with Crippen molar-refractivity contribution in [2.24, 2.45) is 0 Å². The summed E-state index contributed by atoms with van der Waals surface area (Å²) < 4.78 is 0. The van der Waals surface area contributed by atoms with Crippen molar-refractivity contribution in [1.82, 2.24) is 4.98 Å². The van der Waals surface area contributed by atoms with E-state index in [1.54, 1.807) is 0 Å². The Hall–Kier alpha value is -1.07. The fraction of sp³-hybridized carbons (Fsp3) is 0.333. The molecule has 88 valence electrons. The Bertz CT molecular complexity index is 402. The fourth-order valence-electron chi connectivity index (χ4n) is 1.24. The van der Waals surface area contributed by atoms with Gasteiger partial charge in [-0.15, -0.1) is 0 Å². The summed E-state index contributed by atoms with van der Waals surface area (Å²) in [7, 11) is -4.36. The second-order valence-corrected chi connectivity index (χ2v) is 5.08. The summed E-state index contributed by atoms with van der Waals surface area (Å²) in [5, 5.41) is 9.50. The normalized spacial score (nSPS) is 11.5. The van der Waals surface area contributed by atoms with Gasteiger partial charge >= 0.3 is 0 Å². The van der Waals surface area contributed by atoms with E-state index in [4.69, 9.17) is 4.89 Å². The molecule has 0 spiro atoms. The van der Waals surface area contributed by atoms with Crippen molar-refractivity contribution in [3.8, 4) is 5.75 Å². The number of aldehydes is 1. The third-order valence-corrected chi connectivity index (χ3v) is 2.93. The highest BCUT2D eigenvalue weighted by Crippen LogP contribution is 2.34. The van der Waals surface area contributed by atoms with Crippen LogP contribution in [0.2, 0.25) is 0 Å². The molecule has 0 saturated carbocycles. The third-order valence-electron chi connectivity index (χ3n) is 2.14. The maximum atomic E-state index is 10.7. The topological polar surface area (TPSA) is 117 Å². The summed E-state index contributed by atoms with van der Waals surface area (Å²) >= 11 is 0. The van der Waals surface area contributed by atoms with E-state index in [1.807, 2.05) is 0 Å². The lowest BCUT2D eigenvalue weighted by molar-refractivity contribution is -0.331. The number of aromatic hydroxyl groups is 1. The molecule has 1 heterocycles. The van der Waals surface area contributed by atoms with Crippen molar-refractivity contribution in [2.75, 3.05) is 6.16 Å². The molecular formula is C9H11NO5P-. The van der Waals surface area contributed by atoms with Crippen LogP contribution in [0.5, 0.6) is 5.75 Å². The number of hydrogen-bond acceptors (Lipinski definition) is 6. The summed E-state index contributed by atoms with van der Waals surface area (Å²) in [6.45, 7) is 1.52. The molecule has 0 fully saturated rings. The summed E-state index contributed by atoms with van der Waals surface area (Å²) in [6, 6.07) is 0. The Morgan fingerprint density at radius 3 is 2.69 bits per heavy atom. The first kappa shape index (κ1) is 13.0. The van der Waals surface area contributed by atoms with Crippen LogP contribution < -0.4 is 9.79 Å². The lowest BCUT2D eigenvalue weighted by Gasteiger charge is -2.27. The van der Waals surface area contributed by atoms with E-state index in [1.165, 1.54) is 13.1 Å². The van der Waals surface area contributed by atoms with Gasteiger partial charge in [0.2, 0.25) is 0 Å². The number of nitrogens with zero attached hydrogens (tertiary/aromatic N) is 1. The molecule has 0 bridgehead atoms. The average molecular weight is 244 g/mol. The van der Waals surface area contributed by atoms with Gasteiger partial charge in [-0.1, -0.05) is 0 Å². The van der Waals surface area contributed by atoms with E-state index in [0.717, 1.165) is 0 Å². The van der Waals surface area contributed by atoms with Crippen molar-refractivity contribution < 1.29 is 24.6 Å². The maximum absolute atomic E-state index is 10.7. The highest BCUT2D eigenvalue weighted by molar-refractivity contribution is 7.55. The van der Waals surface area contributed by atoms with Gasteiger partial charge in [0.1, 0.15) is 5.75 Å². The van der Waals surface area contributed by atoms with Gasteiger partial charge in [-0.25, -0.2) is 0 Å². The van der Waals surface area contributed by atoms with Crippen LogP contribution in [0.25, 0.3) is 0 Å². The van der Waals surface area contributed by atoms with E-state index in [0.29, 0.717) is 17.5 Å². The first-order valence-electron chi connectivity index (χ1n) is 4.50. The van der Waals surface area contributed by atoms with E-state index < -0.39 is 14.1 Å². The Balaban J connectivity index is 2.97. The predicted molar refractivity (Wildman–Crippen MR) is 53.7 cm³/mol. The monoisotopic (exact) mass is 244 g/mol. The number of carbonyl (C=O) groups is 1. The lowest BCUT2D eigenvalue weighted by Crippen LogP contribution is -2.25. The zero-order valence-electron chi connectivity index (χ0n) is 8.58. The Morgan fingerprint density at radius 2 is 2.19 bits per heavy atom. The minimum Gasteiger partial charge on any atom is -0.660 e. The smallest absolute Gasteiger partial charge is 0.154 e. The van der Waals surface area contributed by atoms with Crippen molar-refractivity contribution in [3.63, 3.8) is 0 Å². The van der Waals surface area contributed by atoms with Crippen LogP contribution in [-0.4, -0.2) is 27.4 Å². The van der Waals surface area contributed by atoms with E-state index in [2.05, 4.69) is 4.98 Å². The Kier molecular flexibility index (Phi) is 3.93. The lowest BCUT2D eigenvalue weighted by atomic mass is 10.1. The zero-order chi connectivity index (χ0) is 12.3. The minimum absolute atomic E-state index is 0.0148. The average Bonchev–Trinajstić information content (AvgIpc) is 2.18. The molecule has 1 rings (SSSR count). The molecule has 0 unspecified atom stereocenters. The molecule has 0 aliphatic heterocycles. The largest absolute Gasteiger partial charge is 0.660 e. The highest BCUT2D eigenvalue weighted by atomic mass is 31.2. The predicted octanol–water partition coefficient (Wildman–Crippen LogP) is -1.07. The molecule has 6 nitrogen and oxygen atoms in total. The van der Waals surface area contributed by atoms with Gasteiger partial charge in [-0.3, -0.25) is 14.7 Å². The number of rotatable bonds is 4. The van der Waals surface area contributed by atoms with E-state index >= 15 is 0 Å². The molecule has 0 aliphatic rings. The first-order valence-corrected chi connectivity index (χ1v) is 6.27. The SMILES string of the molecule is Cc1ncc(CC[P+]([O-])([O-])O)c(C=O)c1O. The molecule has 0 radical (unpaired) electrons. The van der Waals surface area contributed by atoms with Gasteiger partial charge in [-0.05, 0) is 12.5 Å². The molecular weight excluding hydrogens is 233 g/mol. The van der Waals surface area contributed by atoms with Gasteiger partial charge in [0, 0.05) is 20.6 Å². The molecule has 16 heavy (non-hydrogen) atoms. The van der Waals surface area contributed by atoms with E-state index in [9.17, 15) is 19.7 Å². The van der Waals surface area contributed by atoms with Gasteiger partial charge < -0.3 is 14.9 Å². The third kappa shape index (κ3) is 3.21. The quantitative estimate of drug-likeness (QED) is 0.514. The first-order chi connectivity index (χ1) is 7.35. The summed E-state index contributed by atoms with van der Waals surface area (Å²) in [5.74, 6) is -0.258. The molecule has 1 aromatic heterocycles. The number of hydrogen-bond donors (Lipinski definition) is 2. The number of carbonyl (C=O) groups excluding carboxylic acids is 1. The molecule has 1 aromatic rings. The van der Waals surface area contributed by atoms with Crippen LogP contribution >= 0.6 is 7.94 Å². The van der Waals surface area contributed by atoms with Crippen molar-refractivity contribution >= 4 is 14.2 Å². The summed E-state index contributed by atoms with van der Waals surface area (Å²) in [4.78, 5) is 44.3. The second kappa shape index (κ2) is 4.84. The Labute approximate surface area is 92.8 Å². The maximum Gasteiger partial charge on any atom is 0.154 e. The van der Waals surface area contributed by atoms with Crippen molar-refractivity contribution in [2.45, 2.75) is 13.3 Å².